The van der Waals surface area contributed by atoms with Gasteiger partial charge in [0.15, 0.2) is 0 Å². The highest BCUT2D eigenvalue weighted by Crippen LogP contribution is 2.25. The van der Waals surface area contributed by atoms with Gasteiger partial charge in [0.1, 0.15) is 11.9 Å². The summed E-state index contributed by atoms with van der Waals surface area (Å²) in [6, 6.07) is 3.39. The van der Waals surface area contributed by atoms with Crippen molar-refractivity contribution in [3.05, 3.63) is 23.9 Å². The molecule has 4 heteroatoms. The monoisotopic (exact) mass is 177 g/mol. The second-order valence-corrected chi connectivity index (χ2v) is 3.11. The van der Waals surface area contributed by atoms with E-state index >= 15 is 0 Å². The van der Waals surface area contributed by atoms with Crippen molar-refractivity contribution < 1.29 is 4.74 Å². The number of nitrogen functional groups attached to an aromatic ring is 1. The van der Waals surface area contributed by atoms with E-state index in [0.29, 0.717) is 17.5 Å². The third kappa shape index (κ3) is 1.96. The molecule has 0 amide bonds. The molecule has 13 heavy (non-hydrogen) atoms. The molecule has 1 saturated carbocycles. The molecule has 1 aromatic heterocycles. The number of amidine groups is 1. The van der Waals surface area contributed by atoms with Gasteiger partial charge in [0.2, 0.25) is 5.88 Å². The van der Waals surface area contributed by atoms with E-state index in [9.17, 15) is 0 Å². The molecule has 0 radical (unpaired) electrons. The maximum atomic E-state index is 7.22. The summed E-state index contributed by atoms with van der Waals surface area (Å²) < 4.78 is 5.45. The third-order valence-electron chi connectivity index (χ3n) is 1.86. The zero-order valence-electron chi connectivity index (χ0n) is 7.16. The number of pyridine rings is 1. The topological polar surface area (TPSA) is 72.0 Å². The molecule has 68 valence electrons. The van der Waals surface area contributed by atoms with E-state index in [1.807, 2.05) is 0 Å². The Bertz CT molecular complexity index is 333. The number of rotatable bonds is 3. The number of hydrogen-bond donors (Lipinski definition) is 2. The van der Waals surface area contributed by atoms with Gasteiger partial charge in [0.05, 0.1) is 0 Å². The highest BCUT2D eigenvalue weighted by Gasteiger charge is 2.23. The summed E-state index contributed by atoms with van der Waals surface area (Å²) in [6.07, 6.45) is 4.14. The van der Waals surface area contributed by atoms with Gasteiger partial charge >= 0.3 is 0 Å². The van der Waals surface area contributed by atoms with Crippen LogP contribution in [0.5, 0.6) is 5.88 Å². The van der Waals surface area contributed by atoms with Crippen molar-refractivity contribution in [3.8, 4) is 5.88 Å². The molecule has 1 fully saturated rings. The minimum absolute atomic E-state index is 0.0445. The Morgan fingerprint density at radius 2 is 2.38 bits per heavy atom. The second-order valence-electron chi connectivity index (χ2n) is 3.11. The predicted octanol–water partition coefficient (Wildman–Crippen LogP) is 0.907. The van der Waals surface area contributed by atoms with Crippen LogP contribution in [-0.2, 0) is 0 Å². The summed E-state index contributed by atoms with van der Waals surface area (Å²) in [5.41, 5.74) is 5.99. The first-order chi connectivity index (χ1) is 6.25. The lowest BCUT2D eigenvalue weighted by molar-refractivity contribution is 0.291. The molecule has 0 atom stereocenters. The summed E-state index contributed by atoms with van der Waals surface area (Å²) >= 11 is 0. The van der Waals surface area contributed by atoms with Crippen molar-refractivity contribution in [2.45, 2.75) is 18.9 Å². The summed E-state index contributed by atoms with van der Waals surface area (Å²) in [5.74, 6) is 0.609. The van der Waals surface area contributed by atoms with E-state index in [1.165, 1.54) is 0 Å². The van der Waals surface area contributed by atoms with Crippen molar-refractivity contribution in [2.75, 3.05) is 0 Å². The van der Waals surface area contributed by atoms with Gasteiger partial charge in [-0.2, -0.15) is 0 Å². The minimum Gasteiger partial charge on any atom is -0.474 e. The van der Waals surface area contributed by atoms with E-state index in [1.54, 1.807) is 18.3 Å². The first-order valence-corrected chi connectivity index (χ1v) is 4.23. The molecule has 1 aromatic rings. The fourth-order valence-corrected chi connectivity index (χ4v) is 0.998. The summed E-state index contributed by atoms with van der Waals surface area (Å²) in [4.78, 5) is 4.03. The van der Waals surface area contributed by atoms with Crippen molar-refractivity contribution in [3.63, 3.8) is 0 Å². The van der Waals surface area contributed by atoms with E-state index < -0.39 is 0 Å². The van der Waals surface area contributed by atoms with Crippen molar-refractivity contribution in [1.29, 1.82) is 5.41 Å². The molecule has 0 spiro atoms. The zero-order chi connectivity index (χ0) is 9.26. The van der Waals surface area contributed by atoms with Crippen LogP contribution >= 0.6 is 0 Å². The molecule has 0 saturated heterocycles. The van der Waals surface area contributed by atoms with E-state index in [0.717, 1.165) is 12.8 Å². The molecular weight excluding hydrogens is 166 g/mol. The van der Waals surface area contributed by atoms with Crippen LogP contribution in [-0.4, -0.2) is 16.9 Å². The van der Waals surface area contributed by atoms with Crippen molar-refractivity contribution in [2.24, 2.45) is 5.73 Å². The molecule has 1 heterocycles. The Balaban J connectivity index is 2.15. The summed E-state index contributed by atoms with van der Waals surface area (Å²) in [6.45, 7) is 0. The molecule has 1 aliphatic rings. The number of nitrogens with one attached hydrogen (secondary N) is 1. The lowest BCUT2D eigenvalue weighted by atomic mass is 10.2. The van der Waals surface area contributed by atoms with Gasteiger partial charge < -0.3 is 10.5 Å². The summed E-state index contributed by atoms with van der Waals surface area (Å²) in [5, 5.41) is 7.22. The number of hydrogen-bond acceptors (Lipinski definition) is 3. The van der Waals surface area contributed by atoms with Gasteiger partial charge in [-0.05, 0) is 18.9 Å². The molecular formula is C9H11N3O. The Labute approximate surface area is 76.2 Å². The highest BCUT2D eigenvalue weighted by atomic mass is 16.5. The normalized spacial score (nSPS) is 15.4. The van der Waals surface area contributed by atoms with Crippen LogP contribution in [0.15, 0.2) is 18.3 Å². The molecule has 0 aromatic carbocycles. The molecule has 0 aliphatic heterocycles. The average Bonchev–Trinajstić information content (AvgIpc) is 2.89. The van der Waals surface area contributed by atoms with Crippen LogP contribution in [0, 0.1) is 5.41 Å². The number of ether oxygens (including phenoxy) is 1. The Hall–Kier alpha value is -1.58. The fourth-order valence-electron chi connectivity index (χ4n) is 0.998. The second kappa shape index (κ2) is 3.05. The molecule has 0 unspecified atom stereocenters. The van der Waals surface area contributed by atoms with Crippen LogP contribution in [0.25, 0.3) is 0 Å². The van der Waals surface area contributed by atoms with E-state index in [4.69, 9.17) is 15.9 Å². The third-order valence-corrected chi connectivity index (χ3v) is 1.86. The van der Waals surface area contributed by atoms with Gasteiger partial charge in [-0.15, -0.1) is 0 Å². The quantitative estimate of drug-likeness (QED) is 0.532. The Kier molecular flexibility index (Phi) is 1.88. The van der Waals surface area contributed by atoms with Crippen molar-refractivity contribution in [1.82, 2.24) is 4.98 Å². The maximum absolute atomic E-state index is 7.22. The molecule has 2 rings (SSSR count). The van der Waals surface area contributed by atoms with E-state index in [-0.39, 0.29) is 5.84 Å². The SMILES string of the molecule is N=C(N)c1ccnc(OC2CC2)c1. The van der Waals surface area contributed by atoms with Gasteiger partial charge in [0.25, 0.3) is 0 Å². The molecule has 4 nitrogen and oxygen atoms in total. The Morgan fingerprint density at radius 3 is 3.00 bits per heavy atom. The number of nitrogens with two attached hydrogens (primary N) is 1. The molecule has 3 N–H and O–H groups in total. The van der Waals surface area contributed by atoms with Gasteiger partial charge in [-0.25, -0.2) is 4.98 Å². The lowest BCUT2D eigenvalue weighted by Crippen LogP contribution is -2.11. The zero-order valence-corrected chi connectivity index (χ0v) is 7.16. The standard InChI is InChI=1S/C9H11N3O/c10-9(11)6-3-4-12-8(5-6)13-7-1-2-7/h3-5,7H,1-2H2,(H3,10,11). The highest BCUT2D eigenvalue weighted by molar-refractivity contribution is 5.95. The fraction of sp³-hybridized carbons (Fsp3) is 0.333. The number of nitrogens with zero attached hydrogens (tertiary/aromatic N) is 1. The largest absolute Gasteiger partial charge is 0.474 e. The van der Waals surface area contributed by atoms with Crippen LogP contribution in [0.1, 0.15) is 18.4 Å². The van der Waals surface area contributed by atoms with Crippen LogP contribution in [0.2, 0.25) is 0 Å². The minimum atomic E-state index is 0.0445. The van der Waals surface area contributed by atoms with Crippen LogP contribution in [0.4, 0.5) is 0 Å². The predicted molar refractivity (Wildman–Crippen MR) is 48.9 cm³/mol. The van der Waals surface area contributed by atoms with Gasteiger partial charge in [0, 0.05) is 17.8 Å². The van der Waals surface area contributed by atoms with Crippen LogP contribution < -0.4 is 10.5 Å². The lowest BCUT2D eigenvalue weighted by Gasteiger charge is -2.03. The smallest absolute Gasteiger partial charge is 0.214 e. The average molecular weight is 177 g/mol. The maximum Gasteiger partial charge on any atom is 0.214 e. The first kappa shape index (κ1) is 8.04. The number of aromatic nitrogens is 1. The molecule has 0 bridgehead atoms. The Morgan fingerprint density at radius 1 is 1.62 bits per heavy atom. The first-order valence-electron chi connectivity index (χ1n) is 4.23. The van der Waals surface area contributed by atoms with E-state index in [2.05, 4.69) is 4.98 Å². The summed E-state index contributed by atoms with van der Waals surface area (Å²) in [7, 11) is 0. The molecule has 1 aliphatic carbocycles. The van der Waals surface area contributed by atoms with Gasteiger partial charge in [-0.3, -0.25) is 5.41 Å². The van der Waals surface area contributed by atoms with Crippen LogP contribution in [0.3, 0.4) is 0 Å². The van der Waals surface area contributed by atoms with Gasteiger partial charge in [-0.1, -0.05) is 0 Å². The van der Waals surface area contributed by atoms with Crippen molar-refractivity contribution >= 4 is 5.84 Å².